The molecule has 22 heavy (non-hydrogen) atoms. The number of hydrogen-bond acceptors (Lipinski definition) is 7. The topological polar surface area (TPSA) is 106 Å². The molecule has 1 aromatic heterocycles. The number of anilines is 3. The Balaban J connectivity index is 3.00. The van der Waals surface area contributed by atoms with E-state index in [9.17, 15) is 0 Å². The quantitative estimate of drug-likeness (QED) is 0.742. The predicted octanol–water partition coefficient (Wildman–Crippen LogP) is 1.93. The van der Waals surface area contributed by atoms with Gasteiger partial charge in [-0.2, -0.15) is 10.5 Å². The Kier molecular flexibility index (Phi) is 7.49. The molecule has 0 saturated heterocycles. The number of unbranched alkanes of at least 4 members (excludes halogenated alkanes) is 1. The summed E-state index contributed by atoms with van der Waals surface area (Å²) in [6, 6.07) is 4.22. The molecule has 0 aromatic carbocycles. The van der Waals surface area contributed by atoms with Gasteiger partial charge in [-0.1, -0.05) is 13.3 Å². The maximum atomic E-state index is 8.78. The van der Waals surface area contributed by atoms with Crippen LogP contribution in [-0.4, -0.2) is 36.6 Å². The largest absolute Gasteiger partial charge is 0.393 e. The van der Waals surface area contributed by atoms with Crippen molar-refractivity contribution in [3.05, 3.63) is 6.33 Å². The van der Waals surface area contributed by atoms with E-state index in [1.165, 1.54) is 6.33 Å². The fourth-order valence-electron chi connectivity index (χ4n) is 2.13. The van der Waals surface area contributed by atoms with Gasteiger partial charge in [0.2, 0.25) is 0 Å². The first-order valence-electron chi connectivity index (χ1n) is 7.46. The van der Waals surface area contributed by atoms with Gasteiger partial charge in [0.1, 0.15) is 12.0 Å². The van der Waals surface area contributed by atoms with Crippen LogP contribution in [0.2, 0.25) is 0 Å². The lowest BCUT2D eigenvalue weighted by Gasteiger charge is -2.26. The Morgan fingerprint density at radius 1 is 1.09 bits per heavy atom. The molecule has 0 aliphatic heterocycles. The zero-order chi connectivity index (χ0) is 16.4. The van der Waals surface area contributed by atoms with Crippen molar-refractivity contribution in [1.82, 2.24) is 9.97 Å². The second kappa shape index (κ2) is 9.41. The van der Waals surface area contributed by atoms with Crippen LogP contribution in [-0.2, 0) is 0 Å². The van der Waals surface area contributed by atoms with E-state index in [1.807, 2.05) is 16.8 Å². The fourth-order valence-corrected chi connectivity index (χ4v) is 2.13. The first kappa shape index (κ1) is 17.5. The lowest BCUT2D eigenvalue weighted by Crippen LogP contribution is -2.29. The van der Waals surface area contributed by atoms with Crippen molar-refractivity contribution >= 4 is 17.3 Å². The van der Waals surface area contributed by atoms with Crippen molar-refractivity contribution in [3.8, 4) is 12.1 Å². The van der Waals surface area contributed by atoms with Crippen molar-refractivity contribution in [2.75, 3.05) is 42.2 Å². The number of nitriles is 2. The van der Waals surface area contributed by atoms with Gasteiger partial charge in [0.05, 0.1) is 25.0 Å². The Morgan fingerprint density at radius 3 is 2.23 bits per heavy atom. The molecule has 0 bridgehead atoms. The van der Waals surface area contributed by atoms with E-state index in [4.69, 9.17) is 16.3 Å². The molecule has 1 heterocycles. The zero-order valence-electron chi connectivity index (χ0n) is 13.3. The van der Waals surface area contributed by atoms with E-state index in [2.05, 4.69) is 29.0 Å². The molecule has 0 unspecified atom stereocenters. The Bertz CT molecular complexity index is 526. The molecule has 0 spiro atoms. The van der Waals surface area contributed by atoms with E-state index in [0.717, 1.165) is 19.4 Å². The summed E-state index contributed by atoms with van der Waals surface area (Å²) in [5, 5.41) is 17.6. The first-order chi connectivity index (χ1) is 10.7. The van der Waals surface area contributed by atoms with Crippen LogP contribution in [0.1, 0.15) is 32.6 Å². The SMILES string of the molecule is CCCCN(C)c1ncnc(N(CCC#N)CCC#N)c1N. The minimum absolute atomic E-state index is 0.357. The van der Waals surface area contributed by atoms with E-state index >= 15 is 0 Å². The molecule has 7 heteroatoms. The summed E-state index contributed by atoms with van der Waals surface area (Å²) in [6.45, 7) is 4.00. The molecule has 0 aliphatic rings. The summed E-state index contributed by atoms with van der Waals surface area (Å²) in [5.74, 6) is 1.29. The number of nitrogens with two attached hydrogens (primary N) is 1. The lowest BCUT2D eigenvalue weighted by molar-refractivity contribution is 0.754. The fraction of sp³-hybridized carbons (Fsp3) is 0.600. The maximum Gasteiger partial charge on any atom is 0.157 e. The van der Waals surface area contributed by atoms with Gasteiger partial charge in [-0.15, -0.1) is 0 Å². The molecule has 0 radical (unpaired) electrons. The molecule has 0 saturated carbocycles. The summed E-state index contributed by atoms with van der Waals surface area (Å²) >= 11 is 0. The summed E-state index contributed by atoms with van der Waals surface area (Å²) in [4.78, 5) is 12.4. The van der Waals surface area contributed by atoms with Gasteiger partial charge in [0.25, 0.3) is 0 Å². The van der Waals surface area contributed by atoms with Crippen molar-refractivity contribution in [3.63, 3.8) is 0 Å². The summed E-state index contributed by atoms with van der Waals surface area (Å²) in [6.07, 6.45) is 4.35. The first-order valence-corrected chi connectivity index (χ1v) is 7.46. The molecular weight excluding hydrogens is 278 g/mol. The second-order valence-electron chi connectivity index (χ2n) is 5.01. The lowest BCUT2D eigenvalue weighted by atomic mass is 10.3. The number of hydrogen-bond donors (Lipinski definition) is 1. The van der Waals surface area contributed by atoms with E-state index in [0.29, 0.717) is 43.3 Å². The highest BCUT2D eigenvalue weighted by Crippen LogP contribution is 2.28. The van der Waals surface area contributed by atoms with Crippen molar-refractivity contribution < 1.29 is 0 Å². The maximum absolute atomic E-state index is 8.78. The highest BCUT2D eigenvalue weighted by Gasteiger charge is 2.17. The van der Waals surface area contributed by atoms with Gasteiger partial charge in [0.15, 0.2) is 11.6 Å². The molecular formula is C15H23N7. The molecule has 7 nitrogen and oxygen atoms in total. The van der Waals surface area contributed by atoms with Crippen LogP contribution in [0.3, 0.4) is 0 Å². The standard InChI is InChI=1S/C15H23N7/c1-3-4-9-21(2)14-13(18)15(20-12-19-14)22(10-5-7-16)11-6-8-17/h12H,3-6,9-11,18H2,1-2H3. The predicted molar refractivity (Wildman–Crippen MR) is 87.3 cm³/mol. The van der Waals surface area contributed by atoms with Gasteiger partial charge >= 0.3 is 0 Å². The van der Waals surface area contributed by atoms with Gasteiger partial charge in [0, 0.05) is 26.7 Å². The number of nitrogens with zero attached hydrogens (tertiary/aromatic N) is 6. The van der Waals surface area contributed by atoms with Gasteiger partial charge < -0.3 is 15.5 Å². The summed E-state index contributed by atoms with van der Waals surface area (Å²) < 4.78 is 0. The van der Waals surface area contributed by atoms with E-state index < -0.39 is 0 Å². The monoisotopic (exact) mass is 301 g/mol. The third-order valence-electron chi connectivity index (χ3n) is 3.34. The molecule has 0 atom stereocenters. The van der Waals surface area contributed by atoms with Crippen LogP contribution >= 0.6 is 0 Å². The summed E-state index contributed by atoms with van der Waals surface area (Å²) in [7, 11) is 1.95. The van der Waals surface area contributed by atoms with Crippen LogP contribution in [0.15, 0.2) is 6.33 Å². The number of nitrogen functional groups attached to an aromatic ring is 1. The van der Waals surface area contributed by atoms with Crippen molar-refractivity contribution in [2.45, 2.75) is 32.6 Å². The molecule has 1 rings (SSSR count). The van der Waals surface area contributed by atoms with Crippen LogP contribution in [0.25, 0.3) is 0 Å². The Morgan fingerprint density at radius 2 is 1.68 bits per heavy atom. The molecule has 0 aliphatic carbocycles. The smallest absolute Gasteiger partial charge is 0.157 e. The van der Waals surface area contributed by atoms with Crippen LogP contribution in [0.4, 0.5) is 17.3 Å². The van der Waals surface area contributed by atoms with Gasteiger partial charge in [-0.25, -0.2) is 9.97 Å². The number of rotatable bonds is 9. The van der Waals surface area contributed by atoms with Gasteiger partial charge in [-0.3, -0.25) is 0 Å². The van der Waals surface area contributed by atoms with Crippen molar-refractivity contribution in [1.29, 1.82) is 10.5 Å². The van der Waals surface area contributed by atoms with Gasteiger partial charge in [-0.05, 0) is 6.42 Å². The van der Waals surface area contributed by atoms with Crippen molar-refractivity contribution in [2.24, 2.45) is 0 Å². The second-order valence-corrected chi connectivity index (χ2v) is 5.01. The summed E-state index contributed by atoms with van der Waals surface area (Å²) in [5.41, 5.74) is 6.72. The highest BCUT2D eigenvalue weighted by molar-refractivity contribution is 5.75. The van der Waals surface area contributed by atoms with Crippen LogP contribution < -0.4 is 15.5 Å². The molecule has 2 N–H and O–H groups in total. The molecule has 1 aromatic rings. The minimum atomic E-state index is 0.357. The number of aromatic nitrogens is 2. The third kappa shape index (κ3) is 4.78. The molecule has 118 valence electrons. The van der Waals surface area contributed by atoms with Crippen LogP contribution in [0.5, 0.6) is 0 Å². The highest BCUT2D eigenvalue weighted by atomic mass is 15.2. The molecule has 0 fully saturated rings. The average molecular weight is 301 g/mol. The minimum Gasteiger partial charge on any atom is -0.393 e. The molecule has 0 amide bonds. The average Bonchev–Trinajstić information content (AvgIpc) is 2.53. The van der Waals surface area contributed by atoms with E-state index in [1.54, 1.807) is 0 Å². The Labute approximate surface area is 132 Å². The zero-order valence-corrected chi connectivity index (χ0v) is 13.3. The van der Waals surface area contributed by atoms with E-state index in [-0.39, 0.29) is 0 Å². The Hall–Kier alpha value is -2.54. The third-order valence-corrected chi connectivity index (χ3v) is 3.34. The normalized spacial score (nSPS) is 9.82. The van der Waals surface area contributed by atoms with Crippen LogP contribution in [0, 0.1) is 22.7 Å².